The summed E-state index contributed by atoms with van der Waals surface area (Å²) in [6.07, 6.45) is 0. The number of nitrogens with one attached hydrogen (secondary N) is 1. The number of benzene rings is 1. The Labute approximate surface area is 123 Å². The largest absolute Gasteiger partial charge is 0.396 e. The molecule has 0 fully saturated rings. The van der Waals surface area contributed by atoms with Crippen molar-refractivity contribution in [1.29, 1.82) is 0 Å². The van der Waals surface area contributed by atoms with E-state index >= 15 is 0 Å². The van der Waals surface area contributed by atoms with Crippen LogP contribution in [0.5, 0.6) is 0 Å². The van der Waals surface area contributed by atoms with Crippen LogP contribution in [0.3, 0.4) is 0 Å². The minimum Gasteiger partial charge on any atom is -0.396 e. The van der Waals surface area contributed by atoms with Crippen LogP contribution >= 0.6 is 22.6 Å². The molecule has 3 aromatic rings. The molecule has 3 rings (SSSR count). The molecule has 0 bridgehead atoms. The molecule has 0 amide bonds. The van der Waals surface area contributed by atoms with Gasteiger partial charge in [-0.1, -0.05) is 30.3 Å². The van der Waals surface area contributed by atoms with Gasteiger partial charge in [-0.05, 0) is 28.7 Å². The third kappa shape index (κ3) is 2.30. The minimum absolute atomic E-state index is 0.494. The number of H-pyrrole nitrogens is 1. The highest BCUT2D eigenvalue weighted by molar-refractivity contribution is 14.1. The van der Waals surface area contributed by atoms with Crippen molar-refractivity contribution in [3.05, 3.63) is 36.4 Å². The summed E-state index contributed by atoms with van der Waals surface area (Å²) in [5, 5.41) is 0. The Balaban J connectivity index is 2.16. The van der Waals surface area contributed by atoms with Gasteiger partial charge in [-0.3, -0.25) is 0 Å². The molecule has 0 saturated heterocycles. The predicted octanol–water partition coefficient (Wildman–Crippen LogP) is 3.30. The summed E-state index contributed by atoms with van der Waals surface area (Å²) < 4.78 is 1.63. The Morgan fingerprint density at radius 2 is 2.00 bits per heavy atom. The molecule has 5 nitrogen and oxygen atoms in total. The van der Waals surface area contributed by atoms with E-state index in [-0.39, 0.29) is 0 Å². The number of nitrogens with zero attached hydrogens (tertiary/aromatic N) is 3. The van der Waals surface area contributed by atoms with Crippen LogP contribution in [0.4, 0.5) is 11.5 Å². The number of nitrogens with two attached hydrogens (primary N) is 1. The van der Waals surface area contributed by atoms with Gasteiger partial charge in [0, 0.05) is 5.56 Å². The second-order valence-electron chi connectivity index (χ2n) is 3.95. The number of imidazole rings is 1. The van der Waals surface area contributed by atoms with E-state index in [1.54, 1.807) is 10.3 Å². The molecular formula is C13H10IN5. The van der Waals surface area contributed by atoms with Crippen molar-refractivity contribution in [2.45, 2.75) is 0 Å². The molecule has 2 heterocycles. The normalized spacial score (nSPS) is 11.4. The highest BCUT2D eigenvalue weighted by Crippen LogP contribution is 2.26. The number of nitrogen functional groups attached to an aromatic ring is 1. The Bertz CT molecular complexity index is 748. The maximum atomic E-state index is 5.89. The molecule has 0 unspecified atom stereocenters. The molecule has 0 spiro atoms. The Kier molecular flexibility index (Phi) is 3.16. The van der Waals surface area contributed by atoms with Gasteiger partial charge in [0.05, 0.1) is 15.4 Å². The van der Waals surface area contributed by atoms with E-state index in [1.807, 2.05) is 52.9 Å². The standard InChI is InChI=1S/C13H10IN5/c14-7-16-12-9(15)6-10-13(19-12)18-11(17-10)8-4-2-1-3-5-8/h1-7H,15H2,(H,17,18,19). The first kappa shape index (κ1) is 12.1. The molecule has 6 heteroatoms. The fraction of sp³-hybridized carbons (Fsp3) is 0. The van der Waals surface area contributed by atoms with E-state index in [2.05, 4.69) is 19.9 Å². The molecule has 3 N–H and O–H groups in total. The average molecular weight is 363 g/mol. The zero-order valence-electron chi connectivity index (χ0n) is 9.84. The molecule has 0 saturated carbocycles. The van der Waals surface area contributed by atoms with Crippen LogP contribution < -0.4 is 5.73 Å². The van der Waals surface area contributed by atoms with Crippen molar-refractivity contribution in [2.24, 2.45) is 4.99 Å². The van der Waals surface area contributed by atoms with Crippen molar-refractivity contribution in [3.63, 3.8) is 0 Å². The van der Waals surface area contributed by atoms with Crippen LogP contribution in [0.1, 0.15) is 0 Å². The zero-order chi connectivity index (χ0) is 13.2. The van der Waals surface area contributed by atoms with Gasteiger partial charge in [-0.2, -0.15) is 0 Å². The van der Waals surface area contributed by atoms with Crippen molar-refractivity contribution < 1.29 is 0 Å². The summed E-state index contributed by atoms with van der Waals surface area (Å²) in [5.41, 5.74) is 8.86. The molecule has 19 heavy (non-hydrogen) atoms. The lowest BCUT2D eigenvalue weighted by atomic mass is 10.2. The number of fused-ring (bicyclic) bond motifs is 1. The topological polar surface area (TPSA) is 80.0 Å². The van der Waals surface area contributed by atoms with Gasteiger partial charge in [0.2, 0.25) is 0 Å². The molecule has 1 aromatic carbocycles. The number of anilines is 1. The third-order valence-electron chi connectivity index (χ3n) is 2.70. The fourth-order valence-corrected chi connectivity index (χ4v) is 2.09. The van der Waals surface area contributed by atoms with E-state index in [0.717, 1.165) is 16.9 Å². The van der Waals surface area contributed by atoms with Gasteiger partial charge < -0.3 is 10.7 Å². The number of aliphatic imine (C=N–C) groups is 1. The van der Waals surface area contributed by atoms with Gasteiger partial charge >= 0.3 is 0 Å². The van der Waals surface area contributed by atoms with Crippen LogP contribution in [0.2, 0.25) is 0 Å². The number of aromatic amines is 1. The van der Waals surface area contributed by atoms with E-state index < -0.39 is 0 Å². The molecule has 0 aliphatic rings. The number of hydrogen-bond acceptors (Lipinski definition) is 4. The molecule has 0 aliphatic carbocycles. The monoisotopic (exact) mass is 363 g/mol. The predicted molar refractivity (Wildman–Crippen MR) is 85.9 cm³/mol. The van der Waals surface area contributed by atoms with Gasteiger partial charge in [-0.15, -0.1) is 0 Å². The first-order chi connectivity index (χ1) is 9.28. The van der Waals surface area contributed by atoms with Gasteiger partial charge in [0.1, 0.15) is 5.82 Å². The van der Waals surface area contributed by atoms with Crippen LogP contribution in [0, 0.1) is 0 Å². The first-order valence-corrected chi connectivity index (χ1v) is 6.87. The first-order valence-electron chi connectivity index (χ1n) is 5.62. The summed E-state index contributed by atoms with van der Waals surface area (Å²) in [6, 6.07) is 11.7. The molecular weight excluding hydrogens is 353 g/mol. The third-order valence-corrected chi connectivity index (χ3v) is 2.98. The van der Waals surface area contributed by atoms with Crippen molar-refractivity contribution in [2.75, 3.05) is 5.73 Å². The summed E-state index contributed by atoms with van der Waals surface area (Å²) >= 11 is 2.03. The van der Waals surface area contributed by atoms with E-state index in [9.17, 15) is 0 Å². The second-order valence-corrected chi connectivity index (χ2v) is 4.51. The SMILES string of the molecule is Nc1cc2[nH]c(-c3ccccc3)nc2nc1N=CI. The molecule has 2 aromatic heterocycles. The number of aromatic nitrogens is 3. The second kappa shape index (κ2) is 4.96. The van der Waals surface area contributed by atoms with Crippen LogP contribution in [-0.4, -0.2) is 19.2 Å². The Morgan fingerprint density at radius 1 is 1.21 bits per heavy atom. The van der Waals surface area contributed by atoms with Crippen molar-refractivity contribution in [1.82, 2.24) is 15.0 Å². The minimum atomic E-state index is 0.494. The molecule has 0 atom stereocenters. The number of rotatable bonds is 2. The molecule has 94 valence electrons. The summed E-state index contributed by atoms with van der Waals surface area (Å²) in [6.45, 7) is 0. The zero-order valence-corrected chi connectivity index (χ0v) is 12.0. The number of pyridine rings is 1. The fourth-order valence-electron chi connectivity index (χ4n) is 1.83. The summed E-state index contributed by atoms with van der Waals surface area (Å²) in [4.78, 5) is 16.1. The number of hydrogen-bond donors (Lipinski definition) is 2. The van der Waals surface area contributed by atoms with E-state index in [0.29, 0.717) is 17.2 Å². The van der Waals surface area contributed by atoms with Crippen LogP contribution in [0.25, 0.3) is 22.6 Å². The Morgan fingerprint density at radius 3 is 2.74 bits per heavy atom. The maximum Gasteiger partial charge on any atom is 0.180 e. The van der Waals surface area contributed by atoms with Gasteiger partial charge in [0.25, 0.3) is 0 Å². The lowest BCUT2D eigenvalue weighted by Gasteiger charge is -1.97. The molecule has 0 aliphatic heterocycles. The van der Waals surface area contributed by atoms with Crippen molar-refractivity contribution in [3.8, 4) is 11.4 Å². The summed E-state index contributed by atoms with van der Waals surface area (Å²) in [5.74, 6) is 1.27. The number of halogens is 1. The van der Waals surface area contributed by atoms with E-state index in [4.69, 9.17) is 5.73 Å². The summed E-state index contributed by atoms with van der Waals surface area (Å²) in [7, 11) is 0. The average Bonchev–Trinajstić information content (AvgIpc) is 2.83. The van der Waals surface area contributed by atoms with Gasteiger partial charge in [-0.25, -0.2) is 15.0 Å². The lowest BCUT2D eigenvalue weighted by Crippen LogP contribution is -1.89. The Hall–Kier alpha value is -1.96. The van der Waals surface area contributed by atoms with E-state index in [1.165, 1.54) is 0 Å². The quantitative estimate of drug-likeness (QED) is 0.542. The lowest BCUT2D eigenvalue weighted by molar-refractivity contribution is 1.28. The maximum absolute atomic E-state index is 5.89. The highest BCUT2D eigenvalue weighted by Gasteiger charge is 2.09. The van der Waals surface area contributed by atoms with Crippen LogP contribution in [0.15, 0.2) is 41.4 Å². The highest BCUT2D eigenvalue weighted by atomic mass is 127. The van der Waals surface area contributed by atoms with Crippen molar-refractivity contribution >= 4 is 49.5 Å². The van der Waals surface area contributed by atoms with Gasteiger partial charge in [0.15, 0.2) is 11.5 Å². The molecule has 0 radical (unpaired) electrons. The smallest absolute Gasteiger partial charge is 0.180 e. The van der Waals surface area contributed by atoms with Crippen LogP contribution in [-0.2, 0) is 0 Å².